The van der Waals surface area contributed by atoms with Crippen molar-refractivity contribution in [1.82, 2.24) is 20.1 Å². The van der Waals surface area contributed by atoms with E-state index < -0.39 is 0 Å². The Kier molecular flexibility index (Phi) is 8.02. The number of carbonyl (C=O) groups is 1. The first-order valence-corrected chi connectivity index (χ1v) is 10.3. The molecule has 0 radical (unpaired) electrons. The van der Waals surface area contributed by atoms with Gasteiger partial charge >= 0.3 is 0 Å². The van der Waals surface area contributed by atoms with Crippen molar-refractivity contribution in [1.29, 1.82) is 0 Å². The molecular formula is C23H27ClN4O2. The van der Waals surface area contributed by atoms with E-state index in [1.807, 2.05) is 61.5 Å². The van der Waals surface area contributed by atoms with Gasteiger partial charge < -0.3 is 14.6 Å². The Morgan fingerprint density at radius 3 is 2.50 bits per heavy atom. The lowest BCUT2D eigenvalue weighted by atomic mass is 10.1. The zero-order valence-corrected chi connectivity index (χ0v) is 18.1. The lowest BCUT2D eigenvalue weighted by molar-refractivity contribution is 0.0946. The number of rotatable bonds is 10. The van der Waals surface area contributed by atoms with Crippen LogP contribution in [-0.4, -0.2) is 47.9 Å². The molecule has 1 heterocycles. The van der Waals surface area contributed by atoms with Crippen LogP contribution in [0, 0.1) is 0 Å². The maximum Gasteiger partial charge on any atom is 0.273 e. The number of halogens is 1. The molecule has 0 fully saturated rings. The molecule has 0 spiro atoms. The van der Waals surface area contributed by atoms with Crippen LogP contribution in [0.15, 0.2) is 65.3 Å². The second-order valence-electron chi connectivity index (χ2n) is 7.45. The first-order valence-electron chi connectivity index (χ1n) is 9.87. The second-order valence-corrected chi connectivity index (χ2v) is 7.88. The fourth-order valence-corrected chi connectivity index (χ4v) is 3.28. The highest BCUT2D eigenvalue weighted by molar-refractivity contribution is 6.30. The third kappa shape index (κ3) is 6.99. The summed E-state index contributed by atoms with van der Waals surface area (Å²) in [7, 11) is 3.92. The molecule has 0 unspecified atom stereocenters. The third-order valence-corrected chi connectivity index (χ3v) is 4.77. The number of oxazole rings is 1. The SMILES string of the molecule is CN(C)CCNC(=O)c1coc(CN(Cc2ccccc2)Cc2cccc(Cl)c2)n1. The number of nitrogens with zero attached hydrogens (tertiary/aromatic N) is 3. The van der Waals surface area contributed by atoms with Gasteiger partial charge in [-0.3, -0.25) is 9.69 Å². The number of hydrogen-bond acceptors (Lipinski definition) is 5. The van der Waals surface area contributed by atoms with Crippen LogP contribution in [0.1, 0.15) is 27.5 Å². The molecule has 0 aliphatic heterocycles. The maximum absolute atomic E-state index is 12.3. The Hall–Kier alpha value is -2.67. The van der Waals surface area contributed by atoms with Gasteiger partial charge in [-0.15, -0.1) is 0 Å². The smallest absolute Gasteiger partial charge is 0.273 e. The van der Waals surface area contributed by atoms with Gasteiger partial charge in [0, 0.05) is 31.2 Å². The molecule has 3 rings (SSSR count). The first-order chi connectivity index (χ1) is 14.5. The average Bonchev–Trinajstić information content (AvgIpc) is 3.17. The number of amides is 1. The predicted molar refractivity (Wildman–Crippen MR) is 118 cm³/mol. The lowest BCUT2D eigenvalue weighted by Crippen LogP contribution is -2.31. The highest BCUT2D eigenvalue weighted by Crippen LogP contribution is 2.17. The van der Waals surface area contributed by atoms with Crippen LogP contribution in [0.2, 0.25) is 5.02 Å². The van der Waals surface area contributed by atoms with E-state index >= 15 is 0 Å². The fourth-order valence-electron chi connectivity index (χ4n) is 3.07. The summed E-state index contributed by atoms with van der Waals surface area (Å²) in [5.41, 5.74) is 2.59. The molecule has 0 aliphatic carbocycles. The highest BCUT2D eigenvalue weighted by Gasteiger charge is 2.16. The van der Waals surface area contributed by atoms with E-state index in [0.717, 1.165) is 18.7 Å². The predicted octanol–water partition coefficient (Wildman–Crippen LogP) is 3.82. The number of likely N-dealkylation sites (N-methyl/N-ethyl adjacent to an activating group) is 1. The molecule has 7 heteroatoms. The minimum atomic E-state index is -0.226. The molecular weight excluding hydrogens is 400 g/mol. The number of nitrogens with one attached hydrogen (secondary N) is 1. The summed E-state index contributed by atoms with van der Waals surface area (Å²) in [6.07, 6.45) is 1.42. The van der Waals surface area contributed by atoms with Crippen molar-refractivity contribution in [2.24, 2.45) is 0 Å². The Morgan fingerprint density at radius 2 is 1.77 bits per heavy atom. The van der Waals surface area contributed by atoms with Crippen molar-refractivity contribution < 1.29 is 9.21 Å². The molecule has 1 N–H and O–H groups in total. The van der Waals surface area contributed by atoms with Crippen molar-refractivity contribution in [3.8, 4) is 0 Å². The van der Waals surface area contributed by atoms with E-state index in [4.69, 9.17) is 16.0 Å². The van der Waals surface area contributed by atoms with Crippen LogP contribution in [0.4, 0.5) is 0 Å². The average molecular weight is 427 g/mol. The molecule has 30 heavy (non-hydrogen) atoms. The summed E-state index contributed by atoms with van der Waals surface area (Å²) in [6, 6.07) is 18.0. The van der Waals surface area contributed by atoms with Gasteiger partial charge in [-0.05, 0) is 37.4 Å². The monoisotopic (exact) mass is 426 g/mol. The van der Waals surface area contributed by atoms with Gasteiger partial charge in [-0.25, -0.2) is 4.98 Å². The number of aromatic nitrogens is 1. The van der Waals surface area contributed by atoms with Crippen LogP contribution in [0.3, 0.4) is 0 Å². The summed E-state index contributed by atoms with van der Waals surface area (Å²) < 4.78 is 5.59. The van der Waals surface area contributed by atoms with E-state index in [2.05, 4.69) is 27.3 Å². The quantitative estimate of drug-likeness (QED) is 0.534. The van der Waals surface area contributed by atoms with E-state index in [9.17, 15) is 4.79 Å². The summed E-state index contributed by atoms with van der Waals surface area (Å²) in [5.74, 6) is 0.280. The van der Waals surface area contributed by atoms with Gasteiger partial charge in [0.2, 0.25) is 5.89 Å². The molecule has 0 atom stereocenters. The van der Waals surface area contributed by atoms with Crippen LogP contribution < -0.4 is 5.32 Å². The largest absolute Gasteiger partial charge is 0.447 e. The number of benzene rings is 2. The molecule has 1 amide bonds. The molecule has 3 aromatic rings. The standard InChI is InChI=1S/C23H27ClN4O2/c1-27(2)12-11-25-23(29)21-17-30-22(26-21)16-28(14-18-7-4-3-5-8-18)15-19-9-6-10-20(24)13-19/h3-10,13,17H,11-12,14-16H2,1-2H3,(H,25,29). The minimum Gasteiger partial charge on any atom is -0.447 e. The normalized spacial score (nSPS) is 11.2. The van der Waals surface area contributed by atoms with Crippen molar-refractivity contribution in [2.75, 3.05) is 27.2 Å². The third-order valence-electron chi connectivity index (χ3n) is 4.53. The molecule has 2 aromatic carbocycles. The van der Waals surface area contributed by atoms with Crippen LogP contribution >= 0.6 is 11.6 Å². The topological polar surface area (TPSA) is 61.6 Å². The van der Waals surface area contributed by atoms with Gasteiger partial charge in [0.15, 0.2) is 5.69 Å². The van der Waals surface area contributed by atoms with Gasteiger partial charge in [0.25, 0.3) is 5.91 Å². The van der Waals surface area contributed by atoms with Crippen molar-refractivity contribution in [3.63, 3.8) is 0 Å². The fraction of sp³-hybridized carbons (Fsp3) is 0.304. The van der Waals surface area contributed by atoms with Gasteiger partial charge in [0.1, 0.15) is 6.26 Å². The zero-order chi connectivity index (χ0) is 21.3. The minimum absolute atomic E-state index is 0.226. The Balaban J connectivity index is 1.68. The van der Waals surface area contributed by atoms with E-state index in [-0.39, 0.29) is 5.91 Å². The van der Waals surface area contributed by atoms with Gasteiger partial charge in [0.05, 0.1) is 6.54 Å². The Labute approximate surface area is 182 Å². The van der Waals surface area contributed by atoms with E-state index in [0.29, 0.717) is 36.2 Å². The summed E-state index contributed by atoms with van der Waals surface area (Å²) in [5, 5.41) is 3.56. The van der Waals surface area contributed by atoms with Gasteiger partial charge in [-0.1, -0.05) is 54.1 Å². The van der Waals surface area contributed by atoms with Crippen LogP contribution in [0.5, 0.6) is 0 Å². The van der Waals surface area contributed by atoms with Crippen LogP contribution in [0.25, 0.3) is 0 Å². The van der Waals surface area contributed by atoms with Crippen molar-refractivity contribution in [2.45, 2.75) is 19.6 Å². The van der Waals surface area contributed by atoms with E-state index in [1.165, 1.54) is 11.8 Å². The van der Waals surface area contributed by atoms with Gasteiger partial charge in [-0.2, -0.15) is 0 Å². The summed E-state index contributed by atoms with van der Waals surface area (Å²) in [6.45, 7) is 3.21. The highest BCUT2D eigenvalue weighted by atomic mass is 35.5. The van der Waals surface area contributed by atoms with Crippen LogP contribution in [-0.2, 0) is 19.6 Å². The summed E-state index contributed by atoms with van der Waals surface area (Å²) >= 11 is 6.15. The lowest BCUT2D eigenvalue weighted by Gasteiger charge is -2.21. The van der Waals surface area contributed by atoms with Crippen molar-refractivity contribution in [3.05, 3.63) is 88.6 Å². The number of hydrogen-bond donors (Lipinski definition) is 1. The first kappa shape index (κ1) is 22.0. The number of carbonyl (C=O) groups excluding carboxylic acids is 1. The Morgan fingerprint density at radius 1 is 1.03 bits per heavy atom. The molecule has 0 saturated carbocycles. The molecule has 0 bridgehead atoms. The molecule has 0 saturated heterocycles. The molecule has 1 aromatic heterocycles. The zero-order valence-electron chi connectivity index (χ0n) is 17.3. The molecule has 158 valence electrons. The Bertz CT molecular complexity index is 943. The second kappa shape index (κ2) is 10.9. The van der Waals surface area contributed by atoms with Crippen molar-refractivity contribution >= 4 is 17.5 Å². The molecule has 0 aliphatic rings. The maximum atomic E-state index is 12.3. The van der Waals surface area contributed by atoms with E-state index in [1.54, 1.807) is 0 Å². The summed E-state index contributed by atoms with van der Waals surface area (Å²) in [4.78, 5) is 20.9. The molecule has 6 nitrogen and oxygen atoms in total.